The van der Waals surface area contributed by atoms with Crippen LogP contribution in [-0.4, -0.2) is 18.9 Å². The molecule has 1 heterocycles. The lowest BCUT2D eigenvalue weighted by Crippen LogP contribution is -2.16. The number of nitrogens with one attached hydrogen (secondary N) is 1. The number of allylic oxidation sites excluding steroid dienone is 4. The summed E-state index contributed by atoms with van der Waals surface area (Å²) < 4.78 is 1.20. The first-order valence-corrected chi connectivity index (χ1v) is 13.0. The monoisotopic (exact) mass is 457 g/mol. The number of benzene rings is 2. The predicted octanol–water partition coefficient (Wildman–Crippen LogP) is 7.52. The quantitative estimate of drug-likeness (QED) is 0.266. The van der Waals surface area contributed by atoms with Gasteiger partial charge in [0.15, 0.2) is 5.78 Å². The van der Waals surface area contributed by atoms with Gasteiger partial charge in [0.05, 0.1) is 4.88 Å². The molecule has 3 heteroatoms. The average molecular weight is 458 g/mol. The third kappa shape index (κ3) is 5.37. The molecular weight excluding hydrogens is 422 g/mol. The first-order chi connectivity index (χ1) is 16.0. The second-order valence-electron chi connectivity index (χ2n) is 9.38. The van der Waals surface area contributed by atoms with E-state index in [1.54, 1.807) is 11.3 Å². The van der Waals surface area contributed by atoms with E-state index in [9.17, 15) is 4.79 Å². The van der Waals surface area contributed by atoms with Gasteiger partial charge < -0.3 is 5.32 Å². The van der Waals surface area contributed by atoms with Crippen molar-refractivity contribution in [3.63, 3.8) is 0 Å². The summed E-state index contributed by atoms with van der Waals surface area (Å²) in [5, 5.41) is 4.61. The standard InChI is InChI=1S/C30H35NOS/c1-5-31-16-8-9-23-12-14-24(15-13-23)19-26-25-10-6-7-11-27(25)33-30(26)29(32)28-21(3)17-20(2)18-22(28)4/h6-7,10-15,17,22,31H,5,8-9,16,18-19H2,1-4H3. The fraction of sp³-hybridized carbons (Fsp3) is 0.367. The molecule has 2 aromatic carbocycles. The first-order valence-electron chi connectivity index (χ1n) is 12.2. The van der Waals surface area contributed by atoms with E-state index in [1.165, 1.54) is 32.3 Å². The smallest absolute Gasteiger partial charge is 0.199 e. The van der Waals surface area contributed by atoms with E-state index >= 15 is 0 Å². The lowest BCUT2D eigenvalue weighted by Gasteiger charge is -2.22. The van der Waals surface area contributed by atoms with Gasteiger partial charge in [0.25, 0.3) is 0 Å². The molecule has 1 atom stereocenters. The van der Waals surface area contributed by atoms with E-state index in [2.05, 4.69) is 87.6 Å². The van der Waals surface area contributed by atoms with Crippen LogP contribution < -0.4 is 5.32 Å². The molecule has 1 aromatic heterocycles. The number of hydrogen-bond acceptors (Lipinski definition) is 3. The van der Waals surface area contributed by atoms with Crippen molar-refractivity contribution in [2.45, 2.75) is 53.4 Å². The molecular formula is C30H35NOS. The Morgan fingerprint density at radius 2 is 1.79 bits per heavy atom. The molecule has 0 aliphatic heterocycles. The molecule has 33 heavy (non-hydrogen) atoms. The van der Waals surface area contributed by atoms with E-state index in [0.29, 0.717) is 0 Å². The number of aryl methyl sites for hydroxylation is 1. The van der Waals surface area contributed by atoms with Crippen LogP contribution in [0.2, 0.25) is 0 Å². The molecule has 0 fully saturated rings. The van der Waals surface area contributed by atoms with Gasteiger partial charge in [0, 0.05) is 10.3 Å². The molecule has 0 amide bonds. The number of Topliss-reactive ketones (excluding diaryl/α,β-unsaturated/α-hetero) is 1. The van der Waals surface area contributed by atoms with Crippen LogP contribution in [0.25, 0.3) is 10.1 Å². The fourth-order valence-corrected chi connectivity index (χ4v) is 6.26. The molecule has 172 valence electrons. The van der Waals surface area contributed by atoms with Crippen molar-refractivity contribution in [2.75, 3.05) is 13.1 Å². The molecule has 3 aromatic rings. The minimum atomic E-state index is 0.222. The molecule has 0 radical (unpaired) electrons. The van der Waals surface area contributed by atoms with Crippen LogP contribution in [0.4, 0.5) is 0 Å². The summed E-state index contributed by atoms with van der Waals surface area (Å²) in [6.45, 7) is 10.7. The molecule has 2 nitrogen and oxygen atoms in total. The van der Waals surface area contributed by atoms with Gasteiger partial charge in [-0.1, -0.05) is 68.0 Å². The van der Waals surface area contributed by atoms with Crippen molar-refractivity contribution in [1.29, 1.82) is 0 Å². The van der Waals surface area contributed by atoms with Crippen LogP contribution >= 0.6 is 11.3 Å². The highest BCUT2D eigenvalue weighted by molar-refractivity contribution is 7.21. The van der Waals surface area contributed by atoms with Gasteiger partial charge in [-0.3, -0.25) is 4.79 Å². The summed E-state index contributed by atoms with van der Waals surface area (Å²) in [6, 6.07) is 17.4. The summed E-state index contributed by atoms with van der Waals surface area (Å²) in [5.41, 5.74) is 7.30. The Hall–Kier alpha value is -2.49. The van der Waals surface area contributed by atoms with Gasteiger partial charge in [0.1, 0.15) is 0 Å². The lowest BCUT2D eigenvalue weighted by atomic mass is 9.82. The molecule has 0 saturated carbocycles. The SMILES string of the molecule is CCNCCCc1ccc(Cc2c(C(=O)C3=C(C)C=C(C)CC3C)sc3ccccc23)cc1. The third-order valence-corrected chi connectivity index (χ3v) is 7.84. The molecule has 1 unspecified atom stereocenters. The van der Waals surface area contributed by atoms with Gasteiger partial charge in [-0.15, -0.1) is 11.3 Å². The lowest BCUT2D eigenvalue weighted by molar-refractivity contribution is 0.102. The Labute approximate surface area is 202 Å². The zero-order valence-corrected chi connectivity index (χ0v) is 21.1. The highest BCUT2D eigenvalue weighted by atomic mass is 32.1. The van der Waals surface area contributed by atoms with Crippen molar-refractivity contribution in [1.82, 2.24) is 5.32 Å². The first kappa shape index (κ1) is 23.7. The van der Waals surface area contributed by atoms with E-state index < -0.39 is 0 Å². The number of rotatable bonds is 9. The summed E-state index contributed by atoms with van der Waals surface area (Å²) >= 11 is 1.66. The molecule has 4 rings (SSSR count). The zero-order valence-electron chi connectivity index (χ0n) is 20.3. The predicted molar refractivity (Wildman–Crippen MR) is 143 cm³/mol. The van der Waals surface area contributed by atoms with Crippen molar-refractivity contribution >= 4 is 27.2 Å². The summed E-state index contributed by atoms with van der Waals surface area (Å²) in [4.78, 5) is 14.8. The van der Waals surface area contributed by atoms with Crippen molar-refractivity contribution in [3.05, 3.63) is 92.9 Å². The number of hydrogen-bond donors (Lipinski definition) is 1. The maximum atomic E-state index is 13.9. The molecule has 1 aliphatic carbocycles. The molecule has 1 aliphatic rings. The summed E-state index contributed by atoms with van der Waals surface area (Å²) in [6.07, 6.45) is 6.19. The number of ketones is 1. The van der Waals surface area contributed by atoms with E-state index in [4.69, 9.17) is 0 Å². The van der Waals surface area contributed by atoms with E-state index in [1.807, 2.05) is 0 Å². The minimum absolute atomic E-state index is 0.222. The van der Waals surface area contributed by atoms with E-state index in [-0.39, 0.29) is 11.7 Å². The second kappa shape index (κ2) is 10.6. The van der Waals surface area contributed by atoms with Crippen LogP contribution in [0.1, 0.15) is 66.9 Å². The van der Waals surface area contributed by atoms with Gasteiger partial charge in [-0.2, -0.15) is 0 Å². The maximum absolute atomic E-state index is 13.9. The average Bonchev–Trinajstić information content (AvgIpc) is 3.15. The number of carbonyl (C=O) groups is 1. The molecule has 0 bridgehead atoms. The number of thiophene rings is 1. The molecule has 0 saturated heterocycles. The van der Waals surface area contributed by atoms with Gasteiger partial charge >= 0.3 is 0 Å². The summed E-state index contributed by atoms with van der Waals surface area (Å²) in [5.74, 6) is 0.488. The van der Waals surface area contributed by atoms with Crippen molar-refractivity contribution < 1.29 is 4.79 Å². The van der Waals surface area contributed by atoms with Crippen LogP contribution in [0, 0.1) is 5.92 Å². The fourth-order valence-electron chi connectivity index (χ4n) is 5.09. The third-order valence-electron chi connectivity index (χ3n) is 6.63. The van der Waals surface area contributed by atoms with Gasteiger partial charge in [-0.05, 0) is 92.3 Å². The van der Waals surface area contributed by atoms with Crippen LogP contribution in [-0.2, 0) is 12.8 Å². The van der Waals surface area contributed by atoms with Gasteiger partial charge in [-0.25, -0.2) is 0 Å². The number of fused-ring (bicyclic) bond motifs is 1. The van der Waals surface area contributed by atoms with Crippen molar-refractivity contribution in [2.24, 2.45) is 5.92 Å². The molecule has 0 spiro atoms. The maximum Gasteiger partial charge on any atom is 0.199 e. The Morgan fingerprint density at radius 3 is 2.52 bits per heavy atom. The largest absolute Gasteiger partial charge is 0.317 e. The van der Waals surface area contributed by atoms with E-state index in [0.717, 1.165) is 54.8 Å². The van der Waals surface area contributed by atoms with Crippen molar-refractivity contribution in [3.8, 4) is 0 Å². The highest BCUT2D eigenvalue weighted by Gasteiger charge is 2.27. The topological polar surface area (TPSA) is 29.1 Å². The highest BCUT2D eigenvalue weighted by Crippen LogP contribution is 2.38. The zero-order chi connectivity index (χ0) is 23.4. The van der Waals surface area contributed by atoms with Crippen LogP contribution in [0.15, 0.2) is 71.3 Å². The molecule has 1 N–H and O–H groups in total. The Kier molecular flexibility index (Phi) is 7.62. The summed E-state index contributed by atoms with van der Waals surface area (Å²) in [7, 11) is 0. The van der Waals surface area contributed by atoms with Crippen LogP contribution in [0.3, 0.4) is 0 Å². The van der Waals surface area contributed by atoms with Gasteiger partial charge in [0.2, 0.25) is 0 Å². The number of carbonyl (C=O) groups excluding carboxylic acids is 1. The Morgan fingerprint density at radius 1 is 1.06 bits per heavy atom. The Bertz CT molecular complexity index is 1200. The normalized spacial score (nSPS) is 16.4. The van der Waals surface area contributed by atoms with Crippen LogP contribution in [0.5, 0.6) is 0 Å². The second-order valence-corrected chi connectivity index (χ2v) is 10.4. The Balaban J connectivity index is 1.64. The minimum Gasteiger partial charge on any atom is -0.317 e.